The van der Waals surface area contributed by atoms with Gasteiger partial charge in [-0.2, -0.15) is 0 Å². The van der Waals surface area contributed by atoms with Crippen molar-refractivity contribution in [2.24, 2.45) is 0 Å². The molecule has 0 amide bonds. The number of ether oxygens (including phenoxy) is 1. The topological polar surface area (TPSA) is 29.5 Å². The zero-order valence-electron chi connectivity index (χ0n) is 9.16. The summed E-state index contributed by atoms with van der Waals surface area (Å²) in [4.78, 5) is 0. The van der Waals surface area contributed by atoms with Crippen LogP contribution in [0.3, 0.4) is 0 Å². The van der Waals surface area contributed by atoms with E-state index in [4.69, 9.17) is 9.84 Å². The third-order valence-electron chi connectivity index (χ3n) is 1.71. The zero-order valence-corrected chi connectivity index (χ0v) is 9.16. The van der Waals surface area contributed by atoms with Crippen LogP contribution in [0.15, 0.2) is 24.3 Å². The van der Waals surface area contributed by atoms with Gasteiger partial charge in [-0.1, -0.05) is 24.0 Å². The van der Waals surface area contributed by atoms with E-state index in [2.05, 4.69) is 11.8 Å². The van der Waals surface area contributed by atoms with Gasteiger partial charge in [0.25, 0.3) is 0 Å². The summed E-state index contributed by atoms with van der Waals surface area (Å²) in [5.41, 5.74) is 0.875. The van der Waals surface area contributed by atoms with Crippen molar-refractivity contribution in [3.63, 3.8) is 0 Å². The van der Waals surface area contributed by atoms with E-state index in [1.54, 1.807) is 0 Å². The maximum atomic E-state index is 8.63. The third kappa shape index (κ3) is 4.05. The number of benzene rings is 1. The summed E-state index contributed by atoms with van der Waals surface area (Å²) < 4.78 is 5.61. The molecule has 0 saturated carbocycles. The molecule has 0 aliphatic carbocycles. The minimum Gasteiger partial charge on any atom is -0.490 e. The molecular weight excluding hydrogens is 188 g/mol. The Morgan fingerprint density at radius 1 is 1.33 bits per heavy atom. The molecule has 1 aromatic rings. The van der Waals surface area contributed by atoms with Gasteiger partial charge >= 0.3 is 0 Å². The van der Waals surface area contributed by atoms with Crippen LogP contribution in [0.25, 0.3) is 0 Å². The summed E-state index contributed by atoms with van der Waals surface area (Å²) in [6.45, 7) is 4.07. The molecule has 15 heavy (non-hydrogen) atoms. The van der Waals surface area contributed by atoms with Crippen LogP contribution in [0.1, 0.15) is 25.8 Å². The van der Waals surface area contributed by atoms with Crippen LogP contribution in [-0.2, 0) is 0 Å². The Kier molecular flexibility index (Phi) is 4.73. The fraction of sp³-hybridized carbons (Fsp3) is 0.385. The Morgan fingerprint density at radius 2 is 2.07 bits per heavy atom. The molecular formula is C13H16O2. The Balaban J connectivity index is 2.83. The van der Waals surface area contributed by atoms with E-state index in [0.717, 1.165) is 11.3 Å². The first-order chi connectivity index (χ1) is 7.24. The van der Waals surface area contributed by atoms with E-state index < -0.39 is 0 Å². The predicted octanol–water partition coefficient (Wildman–Crippen LogP) is 2.21. The van der Waals surface area contributed by atoms with E-state index in [0.29, 0.717) is 6.42 Å². The number of hydrogen-bond acceptors (Lipinski definition) is 2. The van der Waals surface area contributed by atoms with Crippen molar-refractivity contribution in [3.8, 4) is 17.6 Å². The molecule has 2 nitrogen and oxygen atoms in total. The number of aliphatic hydroxyl groups excluding tert-OH is 1. The molecule has 0 spiro atoms. The summed E-state index contributed by atoms with van der Waals surface area (Å²) in [5.74, 6) is 6.67. The molecule has 0 heterocycles. The fourth-order valence-electron chi connectivity index (χ4n) is 1.14. The normalized spacial score (nSPS) is 9.60. The van der Waals surface area contributed by atoms with Crippen LogP contribution in [0, 0.1) is 11.8 Å². The summed E-state index contributed by atoms with van der Waals surface area (Å²) in [7, 11) is 0. The third-order valence-corrected chi connectivity index (χ3v) is 1.71. The van der Waals surface area contributed by atoms with Crippen LogP contribution in [0.4, 0.5) is 0 Å². The number of hydrogen-bond donors (Lipinski definition) is 1. The van der Waals surface area contributed by atoms with Crippen molar-refractivity contribution in [1.82, 2.24) is 0 Å². The lowest BCUT2D eigenvalue weighted by molar-refractivity contribution is 0.242. The van der Waals surface area contributed by atoms with Crippen molar-refractivity contribution < 1.29 is 9.84 Å². The molecule has 80 valence electrons. The average Bonchev–Trinajstić information content (AvgIpc) is 2.20. The van der Waals surface area contributed by atoms with Crippen LogP contribution >= 0.6 is 0 Å². The molecule has 0 bridgehead atoms. The molecule has 1 rings (SSSR count). The Bertz CT molecular complexity index is 358. The molecule has 0 aliphatic heterocycles. The number of para-hydroxylation sites is 1. The van der Waals surface area contributed by atoms with Gasteiger partial charge in [-0.25, -0.2) is 0 Å². The second kappa shape index (κ2) is 6.10. The minimum atomic E-state index is 0.0974. The Hall–Kier alpha value is -1.46. The highest BCUT2D eigenvalue weighted by atomic mass is 16.5. The molecule has 1 N–H and O–H groups in total. The molecule has 2 heteroatoms. The van der Waals surface area contributed by atoms with Crippen molar-refractivity contribution in [1.29, 1.82) is 0 Å². The number of rotatable bonds is 3. The van der Waals surface area contributed by atoms with E-state index >= 15 is 0 Å². The summed E-state index contributed by atoms with van der Waals surface area (Å²) in [6.07, 6.45) is 0.640. The fourth-order valence-corrected chi connectivity index (χ4v) is 1.14. The quantitative estimate of drug-likeness (QED) is 0.765. The lowest BCUT2D eigenvalue weighted by Crippen LogP contribution is -2.06. The summed E-state index contributed by atoms with van der Waals surface area (Å²) in [5, 5.41) is 8.63. The minimum absolute atomic E-state index is 0.0974. The molecule has 0 aliphatic rings. The van der Waals surface area contributed by atoms with E-state index in [1.807, 2.05) is 38.1 Å². The predicted molar refractivity (Wildman–Crippen MR) is 60.8 cm³/mol. The van der Waals surface area contributed by atoms with Crippen molar-refractivity contribution in [2.45, 2.75) is 26.4 Å². The molecule has 0 radical (unpaired) electrons. The lowest BCUT2D eigenvalue weighted by atomic mass is 10.2. The second-order valence-corrected chi connectivity index (χ2v) is 3.44. The van der Waals surface area contributed by atoms with Gasteiger partial charge in [0.2, 0.25) is 0 Å². The van der Waals surface area contributed by atoms with Gasteiger partial charge in [-0.15, -0.1) is 0 Å². The van der Waals surface area contributed by atoms with E-state index in [-0.39, 0.29) is 12.7 Å². The first-order valence-electron chi connectivity index (χ1n) is 5.09. The van der Waals surface area contributed by atoms with Gasteiger partial charge in [-0.05, 0) is 26.0 Å². The first-order valence-corrected chi connectivity index (χ1v) is 5.09. The Morgan fingerprint density at radius 3 is 2.73 bits per heavy atom. The average molecular weight is 204 g/mol. The SMILES string of the molecule is CC(C)Oc1ccccc1C#CCCO. The van der Waals surface area contributed by atoms with Crippen LogP contribution in [-0.4, -0.2) is 17.8 Å². The maximum Gasteiger partial charge on any atom is 0.135 e. The molecule has 0 atom stereocenters. The second-order valence-electron chi connectivity index (χ2n) is 3.44. The highest BCUT2D eigenvalue weighted by molar-refractivity contribution is 5.45. The Labute approximate surface area is 90.9 Å². The highest BCUT2D eigenvalue weighted by Crippen LogP contribution is 2.17. The number of aliphatic hydroxyl groups is 1. The van der Waals surface area contributed by atoms with Crippen LogP contribution in [0.5, 0.6) is 5.75 Å². The van der Waals surface area contributed by atoms with Gasteiger partial charge in [-0.3, -0.25) is 0 Å². The van der Waals surface area contributed by atoms with E-state index in [1.165, 1.54) is 0 Å². The van der Waals surface area contributed by atoms with E-state index in [9.17, 15) is 0 Å². The van der Waals surface area contributed by atoms with Gasteiger partial charge in [0.05, 0.1) is 18.3 Å². The van der Waals surface area contributed by atoms with Crippen molar-refractivity contribution >= 4 is 0 Å². The largest absolute Gasteiger partial charge is 0.490 e. The standard InChI is InChI=1S/C13H16O2/c1-11(2)15-13-9-4-3-7-12(13)8-5-6-10-14/h3-4,7,9,11,14H,6,10H2,1-2H3. The molecule has 0 aromatic heterocycles. The summed E-state index contributed by atoms with van der Waals surface area (Å²) >= 11 is 0. The monoisotopic (exact) mass is 204 g/mol. The molecule has 0 unspecified atom stereocenters. The van der Waals surface area contributed by atoms with Gasteiger partial charge in [0, 0.05) is 6.42 Å². The lowest BCUT2D eigenvalue weighted by Gasteiger charge is -2.10. The zero-order chi connectivity index (χ0) is 11.1. The van der Waals surface area contributed by atoms with Crippen LogP contribution < -0.4 is 4.74 Å². The van der Waals surface area contributed by atoms with Gasteiger partial charge < -0.3 is 9.84 Å². The molecule has 0 fully saturated rings. The van der Waals surface area contributed by atoms with Crippen molar-refractivity contribution in [2.75, 3.05) is 6.61 Å². The smallest absolute Gasteiger partial charge is 0.135 e. The van der Waals surface area contributed by atoms with Gasteiger partial charge in [0.15, 0.2) is 0 Å². The van der Waals surface area contributed by atoms with Gasteiger partial charge in [0.1, 0.15) is 5.75 Å². The molecule has 0 saturated heterocycles. The highest BCUT2D eigenvalue weighted by Gasteiger charge is 2.01. The first kappa shape index (κ1) is 11.6. The maximum absolute atomic E-state index is 8.63. The van der Waals surface area contributed by atoms with Crippen molar-refractivity contribution in [3.05, 3.63) is 29.8 Å². The molecule has 1 aromatic carbocycles. The van der Waals surface area contributed by atoms with Crippen LogP contribution in [0.2, 0.25) is 0 Å². The summed E-state index contributed by atoms with van der Waals surface area (Å²) in [6, 6.07) is 7.68.